The molecule has 5 nitrogen and oxygen atoms in total. The first-order valence-electron chi connectivity index (χ1n) is 4.29. The molecular formula is C8H18N4O. The lowest BCUT2D eigenvalue weighted by atomic mass is 10.1. The monoisotopic (exact) mass is 186 g/mol. The highest BCUT2D eigenvalue weighted by molar-refractivity contribution is 5.85. The largest absolute Gasteiger partial charge is 0.370 e. The molecule has 0 bridgehead atoms. The average Bonchev–Trinajstić information content (AvgIpc) is 2.01. The fourth-order valence-electron chi connectivity index (χ4n) is 0.995. The molecule has 0 saturated heterocycles. The van der Waals surface area contributed by atoms with E-state index in [1.807, 2.05) is 6.92 Å². The second-order valence-corrected chi connectivity index (χ2v) is 3.09. The molecule has 13 heavy (non-hydrogen) atoms. The summed E-state index contributed by atoms with van der Waals surface area (Å²) in [7, 11) is 3.38. The Labute approximate surface area is 78.8 Å². The van der Waals surface area contributed by atoms with Gasteiger partial charge in [-0.2, -0.15) is 0 Å². The van der Waals surface area contributed by atoms with Crippen molar-refractivity contribution >= 4 is 11.9 Å². The number of aliphatic imine (C=N–C) groups is 1. The number of hydrogen-bond acceptors (Lipinski definition) is 2. The van der Waals surface area contributed by atoms with Gasteiger partial charge in [-0.15, -0.1) is 0 Å². The van der Waals surface area contributed by atoms with Crippen LogP contribution in [0.2, 0.25) is 0 Å². The normalized spacial score (nSPS) is 11.9. The predicted octanol–water partition coefficient (Wildman–Crippen LogP) is -0.483. The Hall–Kier alpha value is -1.26. The summed E-state index contributed by atoms with van der Waals surface area (Å²) >= 11 is 0. The van der Waals surface area contributed by atoms with Crippen LogP contribution in [0.25, 0.3) is 0 Å². The minimum Gasteiger partial charge on any atom is -0.370 e. The average molecular weight is 186 g/mol. The molecule has 0 spiro atoms. The Morgan fingerprint density at radius 2 is 2.00 bits per heavy atom. The van der Waals surface area contributed by atoms with Crippen molar-refractivity contribution in [2.75, 3.05) is 14.1 Å². The smallest absolute Gasteiger partial charge is 0.246 e. The van der Waals surface area contributed by atoms with Gasteiger partial charge in [0.1, 0.15) is 6.04 Å². The summed E-state index contributed by atoms with van der Waals surface area (Å²) in [5.41, 5.74) is 10.4. The van der Waals surface area contributed by atoms with Crippen molar-refractivity contribution < 1.29 is 4.79 Å². The van der Waals surface area contributed by atoms with Gasteiger partial charge < -0.3 is 16.4 Å². The Balaban J connectivity index is 4.42. The van der Waals surface area contributed by atoms with E-state index in [1.165, 1.54) is 4.90 Å². The number of guanidine groups is 1. The molecule has 0 radical (unpaired) electrons. The highest BCUT2D eigenvalue weighted by Crippen LogP contribution is 2.04. The fourth-order valence-corrected chi connectivity index (χ4v) is 0.995. The van der Waals surface area contributed by atoms with E-state index in [0.29, 0.717) is 6.42 Å². The predicted molar refractivity (Wildman–Crippen MR) is 53.2 cm³/mol. The summed E-state index contributed by atoms with van der Waals surface area (Å²) in [6.45, 7) is 1.98. The second-order valence-electron chi connectivity index (χ2n) is 3.09. The molecule has 5 heteroatoms. The van der Waals surface area contributed by atoms with E-state index in [1.54, 1.807) is 14.1 Å². The van der Waals surface area contributed by atoms with Crippen molar-refractivity contribution in [2.45, 2.75) is 25.8 Å². The molecule has 1 unspecified atom stereocenters. The third kappa shape index (κ3) is 4.35. The van der Waals surface area contributed by atoms with Crippen molar-refractivity contribution in [3.8, 4) is 0 Å². The first-order valence-corrected chi connectivity index (χ1v) is 4.29. The van der Waals surface area contributed by atoms with E-state index in [9.17, 15) is 4.79 Å². The highest BCUT2D eigenvalue weighted by atomic mass is 16.2. The Morgan fingerprint density at radius 3 is 2.31 bits per heavy atom. The molecule has 0 aliphatic rings. The standard InChI is InChI=1S/C8H18N4O/c1-4-5-6(11-8(9)10)7(13)12(2)3/h6H,4-5H2,1-3H3,(H4,9,10,11). The van der Waals surface area contributed by atoms with Crippen LogP contribution >= 0.6 is 0 Å². The molecule has 1 amide bonds. The molecule has 0 saturated carbocycles. The molecule has 0 heterocycles. The lowest BCUT2D eigenvalue weighted by molar-refractivity contribution is -0.130. The molecule has 0 aromatic heterocycles. The summed E-state index contributed by atoms with van der Waals surface area (Å²) < 4.78 is 0. The van der Waals surface area contributed by atoms with Crippen molar-refractivity contribution in [2.24, 2.45) is 16.5 Å². The minimum atomic E-state index is -0.426. The zero-order valence-corrected chi connectivity index (χ0v) is 8.45. The van der Waals surface area contributed by atoms with Gasteiger partial charge in [0.25, 0.3) is 0 Å². The summed E-state index contributed by atoms with van der Waals surface area (Å²) in [6.07, 6.45) is 1.55. The van der Waals surface area contributed by atoms with Gasteiger partial charge in [-0.05, 0) is 6.42 Å². The van der Waals surface area contributed by atoms with Gasteiger partial charge in [-0.1, -0.05) is 13.3 Å². The molecule has 0 aliphatic heterocycles. The number of carbonyl (C=O) groups is 1. The minimum absolute atomic E-state index is 0.0337. The van der Waals surface area contributed by atoms with Crippen LogP contribution in [-0.2, 0) is 4.79 Å². The Kier molecular flexibility index (Phi) is 4.87. The topological polar surface area (TPSA) is 84.7 Å². The third-order valence-corrected chi connectivity index (χ3v) is 1.59. The number of hydrogen-bond donors (Lipinski definition) is 2. The van der Waals surface area contributed by atoms with Crippen molar-refractivity contribution in [1.82, 2.24) is 4.90 Å². The number of nitrogens with two attached hydrogens (primary N) is 2. The number of likely N-dealkylation sites (N-methyl/N-ethyl adjacent to an activating group) is 1. The maximum absolute atomic E-state index is 11.5. The lowest BCUT2D eigenvalue weighted by Gasteiger charge is -2.16. The van der Waals surface area contributed by atoms with Crippen LogP contribution < -0.4 is 11.5 Å². The quantitative estimate of drug-likeness (QED) is 0.459. The molecule has 1 atom stereocenters. The van der Waals surface area contributed by atoms with Crippen molar-refractivity contribution in [3.63, 3.8) is 0 Å². The number of carbonyl (C=O) groups excluding carboxylic acids is 1. The summed E-state index contributed by atoms with van der Waals surface area (Å²) in [5.74, 6) is -0.0936. The van der Waals surface area contributed by atoms with Crippen LogP contribution in [0.3, 0.4) is 0 Å². The van der Waals surface area contributed by atoms with E-state index < -0.39 is 6.04 Å². The lowest BCUT2D eigenvalue weighted by Crippen LogP contribution is -2.35. The van der Waals surface area contributed by atoms with Crippen LogP contribution in [0, 0.1) is 0 Å². The molecule has 0 aliphatic carbocycles. The highest BCUT2D eigenvalue weighted by Gasteiger charge is 2.17. The van der Waals surface area contributed by atoms with E-state index in [-0.39, 0.29) is 11.9 Å². The van der Waals surface area contributed by atoms with E-state index in [0.717, 1.165) is 6.42 Å². The molecule has 0 rings (SSSR count). The molecule has 4 N–H and O–H groups in total. The summed E-state index contributed by atoms with van der Waals surface area (Å²) in [6, 6.07) is -0.426. The van der Waals surface area contributed by atoms with Crippen LogP contribution in [0.15, 0.2) is 4.99 Å². The second kappa shape index (κ2) is 5.40. The zero-order valence-electron chi connectivity index (χ0n) is 8.45. The fraction of sp³-hybridized carbons (Fsp3) is 0.750. The van der Waals surface area contributed by atoms with Gasteiger partial charge in [0, 0.05) is 14.1 Å². The van der Waals surface area contributed by atoms with Crippen molar-refractivity contribution in [3.05, 3.63) is 0 Å². The van der Waals surface area contributed by atoms with E-state index in [2.05, 4.69) is 4.99 Å². The molecule has 0 fully saturated rings. The van der Waals surface area contributed by atoms with Gasteiger partial charge in [-0.3, -0.25) is 4.79 Å². The zero-order chi connectivity index (χ0) is 10.4. The van der Waals surface area contributed by atoms with Gasteiger partial charge in [0.15, 0.2) is 5.96 Å². The van der Waals surface area contributed by atoms with Crippen LogP contribution in [0.5, 0.6) is 0 Å². The SMILES string of the molecule is CCCC(N=C(N)N)C(=O)N(C)C. The first kappa shape index (κ1) is 11.7. The van der Waals surface area contributed by atoms with Crippen molar-refractivity contribution in [1.29, 1.82) is 0 Å². The molecular weight excluding hydrogens is 168 g/mol. The van der Waals surface area contributed by atoms with Gasteiger partial charge in [0.05, 0.1) is 0 Å². The number of nitrogens with zero attached hydrogens (tertiary/aromatic N) is 2. The maximum atomic E-state index is 11.5. The van der Waals surface area contributed by atoms with Crippen LogP contribution in [0.1, 0.15) is 19.8 Å². The van der Waals surface area contributed by atoms with E-state index in [4.69, 9.17) is 11.5 Å². The Morgan fingerprint density at radius 1 is 1.46 bits per heavy atom. The third-order valence-electron chi connectivity index (χ3n) is 1.59. The molecule has 0 aromatic rings. The Bertz CT molecular complexity index is 196. The van der Waals surface area contributed by atoms with Gasteiger partial charge in [-0.25, -0.2) is 4.99 Å². The van der Waals surface area contributed by atoms with Crippen LogP contribution in [-0.4, -0.2) is 36.9 Å². The maximum Gasteiger partial charge on any atom is 0.246 e. The number of rotatable bonds is 4. The molecule has 76 valence electrons. The number of amides is 1. The summed E-state index contributed by atoms with van der Waals surface area (Å²) in [4.78, 5) is 16.8. The van der Waals surface area contributed by atoms with Gasteiger partial charge >= 0.3 is 0 Å². The molecule has 0 aromatic carbocycles. The van der Waals surface area contributed by atoms with E-state index >= 15 is 0 Å². The first-order chi connectivity index (χ1) is 5.99. The van der Waals surface area contributed by atoms with Gasteiger partial charge in [0.2, 0.25) is 5.91 Å². The summed E-state index contributed by atoms with van der Waals surface area (Å²) in [5, 5.41) is 0. The van der Waals surface area contributed by atoms with Crippen LogP contribution in [0.4, 0.5) is 0 Å².